The summed E-state index contributed by atoms with van der Waals surface area (Å²) in [5.41, 5.74) is 0.790. The van der Waals surface area contributed by atoms with Crippen molar-refractivity contribution in [3.05, 3.63) is 81.4 Å². The summed E-state index contributed by atoms with van der Waals surface area (Å²) in [6.45, 7) is 0. The molecule has 0 aromatic heterocycles. The molecule has 1 saturated heterocycles. The van der Waals surface area contributed by atoms with Gasteiger partial charge in [-0.2, -0.15) is 0 Å². The molecule has 1 fully saturated rings. The highest BCUT2D eigenvalue weighted by atomic mass is 16.6. The first kappa shape index (κ1) is 16.4. The van der Waals surface area contributed by atoms with Crippen molar-refractivity contribution in [1.82, 2.24) is 4.90 Å². The number of benzene rings is 2. The number of non-ortho nitro benzene ring substituents is 1. The molecule has 7 nitrogen and oxygen atoms in total. The van der Waals surface area contributed by atoms with Gasteiger partial charge >= 0.3 is 0 Å². The molecule has 1 unspecified atom stereocenters. The Morgan fingerprint density at radius 2 is 1.68 bits per heavy atom. The summed E-state index contributed by atoms with van der Waals surface area (Å²) in [6, 6.07) is 13.2. The maximum Gasteiger partial charge on any atom is 0.295 e. The molecule has 0 radical (unpaired) electrons. The second-order valence-electron chi connectivity index (χ2n) is 5.62. The Labute approximate surface area is 143 Å². The van der Waals surface area contributed by atoms with Crippen LogP contribution >= 0.6 is 0 Å². The molecular formula is C18H14N2O5. The summed E-state index contributed by atoms with van der Waals surface area (Å²) >= 11 is 0. The zero-order valence-electron chi connectivity index (χ0n) is 13.2. The number of rotatable bonds is 3. The predicted octanol–water partition coefficient (Wildman–Crippen LogP) is 2.65. The van der Waals surface area contributed by atoms with Gasteiger partial charge in [0.2, 0.25) is 0 Å². The third-order valence-electron chi connectivity index (χ3n) is 4.14. The van der Waals surface area contributed by atoms with Gasteiger partial charge in [-0.3, -0.25) is 19.7 Å². The molecule has 2 aromatic rings. The number of likely N-dealkylation sites (N-methyl/N-ethyl adjacent to an activating group) is 1. The number of nitro groups is 1. The fourth-order valence-electron chi connectivity index (χ4n) is 2.87. The molecule has 1 aliphatic heterocycles. The van der Waals surface area contributed by atoms with Crippen molar-refractivity contribution >= 4 is 23.1 Å². The number of hydrogen-bond acceptors (Lipinski definition) is 5. The second kappa shape index (κ2) is 6.20. The number of carbonyl (C=O) groups excluding carboxylic acids is 2. The molecule has 126 valence electrons. The van der Waals surface area contributed by atoms with E-state index in [1.54, 1.807) is 30.3 Å². The summed E-state index contributed by atoms with van der Waals surface area (Å²) in [6.07, 6.45) is 0. The van der Waals surface area contributed by atoms with Gasteiger partial charge in [-0.05, 0) is 17.7 Å². The lowest BCUT2D eigenvalue weighted by atomic mass is 9.95. The van der Waals surface area contributed by atoms with E-state index in [0.717, 1.165) is 0 Å². The minimum Gasteiger partial charge on any atom is -0.507 e. The third kappa shape index (κ3) is 2.76. The van der Waals surface area contributed by atoms with Gasteiger partial charge in [-0.1, -0.05) is 30.3 Å². The smallest absolute Gasteiger partial charge is 0.295 e. The van der Waals surface area contributed by atoms with Crippen molar-refractivity contribution in [3.8, 4) is 0 Å². The van der Waals surface area contributed by atoms with E-state index < -0.39 is 22.7 Å². The van der Waals surface area contributed by atoms with Crippen LogP contribution in [0.15, 0.2) is 60.2 Å². The van der Waals surface area contributed by atoms with Gasteiger partial charge < -0.3 is 10.0 Å². The largest absolute Gasteiger partial charge is 0.507 e. The molecule has 25 heavy (non-hydrogen) atoms. The van der Waals surface area contributed by atoms with Gasteiger partial charge in [-0.25, -0.2) is 0 Å². The zero-order valence-corrected chi connectivity index (χ0v) is 13.2. The van der Waals surface area contributed by atoms with Gasteiger partial charge in [0.05, 0.1) is 16.5 Å². The van der Waals surface area contributed by atoms with Crippen LogP contribution in [0.3, 0.4) is 0 Å². The lowest BCUT2D eigenvalue weighted by Gasteiger charge is -2.20. The monoisotopic (exact) mass is 338 g/mol. The molecule has 2 aromatic carbocycles. The number of amides is 1. The Hall–Kier alpha value is -3.48. The predicted molar refractivity (Wildman–Crippen MR) is 89.6 cm³/mol. The number of carbonyl (C=O) groups is 2. The highest BCUT2D eigenvalue weighted by molar-refractivity contribution is 6.46. The topological polar surface area (TPSA) is 101 Å². The maximum atomic E-state index is 12.4. The van der Waals surface area contributed by atoms with Crippen LogP contribution in [0.2, 0.25) is 0 Å². The molecule has 1 aliphatic rings. The standard InChI is InChI=1S/C18H14N2O5/c1-19-15(11-7-9-13(10-8-11)20(24)25)14(17(22)18(19)23)16(21)12-5-3-2-4-6-12/h2-10,15,21H,1H3. The molecular weight excluding hydrogens is 324 g/mol. The fraction of sp³-hybridized carbons (Fsp3) is 0.111. The van der Waals surface area contributed by atoms with Crippen LogP contribution in [0.5, 0.6) is 0 Å². The number of hydrogen-bond donors (Lipinski definition) is 1. The van der Waals surface area contributed by atoms with Crippen molar-refractivity contribution in [2.75, 3.05) is 7.05 Å². The van der Waals surface area contributed by atoms with Crippen molar-refractivity contribution in [3.63, 3.8) is 0 Å². The lowest BCUT2D eigenvalue weighted by Crippen LogP contribution is -2.24. The molecule has 1 heterocycles. The van der Waals surface area contributed by atoms with E-state index in [9.17, 15) is 24.8 Å². The molecule has 0 spiro atoms. The van der Waals surface area contributed by atoms with Gasteiger partial charge in [0.25, 0.3) is 17.4 Å². The molecule has 0 aliphatic carbocycles. The number of ketones is 1. The van der Waals surface area contributed by atoms with Crippen LogP contribution in [0.1, 0.15) is 17.2 Å². The molecule has 0 bridgehead atoms. The minimum absolute atomic E-state index is 0.0347. The number of nitrogens with zero attached hydrogens (tertiary/aromatic N) is 2. The first-order valence-corrected chi connectivity index (χ1v) is 7.46. The minimum atomic E-state index is -0.805. The Morgan fingerprint density at radius 1 is 1.08 bits per heavy atom. The Kier molecular flexibility index (Phi) is 4.06. The van der Waals surface area contributed by atoms with Crippen LogP contribution in [0.4, 0.5) is 5.69 Å². The van der Waals surface area contributed by atoms with Crippen LogP contribution in [0.25, 0.3) is 5.76 Å². The average Bonchev–Trinajstić information content (AvgIpc) is 2.86. The first-order valence-electron chi connectivity index (χ1n) is 7.46. The Balaban J connectivity index is 2.13. The summed E-state index contributed by atoms with van der Waals surface area (Å²) in [5, 5.41) is 21.4. The number of nitro benzene ring substituents is 1. The lowest BCUT2D eigenvalue weighted by molar-refractivity contribution is -0.384. The number of aliphatic hydroxyl groups excluding tert-OH is 1. The van der Waals surface area contributed by atoms with E-state index in [0.29, 0.717) is 11.1 Å². The third-order valence-corrected chi connectivity index (χ3v) is 4.14. The normalized spacial score (nSPS) is 19.2. The van der Waals surface area contributed by atoms with Crippen LogP contribution in [-0.2, 0) is 9.59 Å². The number of likely N-dealkylation sites (tertiary alicyclic amines) is 1. The maximum absolute atomic E-state index is 12.4. The zero-order chi connectivity index (χ0) is 18.1. The molecule has 1 amide bonds. The second-order valence-corrected chi connectivity index (χ2v) is 5.62. The van der Waals surface area contributed by atoms with E-state index in [2.05, 4.69) is 0 Å². The summed E-state index contributed by atoms with van der Waals surface area (Å²) in [7, 11) is 1.46. The molecule has 1 N–H and O–H groups in total. The Morgan fingerprint density at radius 3 is 2.24 bits per heavy atom. The number of Topliss-reactive ketones (excluding diaryl/α,β-unsaturated/α-hetero) is 1. The molecule has 0 saturated carbocycles. The van der Waals surface area contributed by atoms with Gasteiger partial charge in [-0.15, -0.1) is 0 Å². The summed E-state index contributed by atoms with van der Waals surface area (Å²) in [4.78, 5) is 36.0. The highest BCUT2D eigenvalue weighted by Gasteiger charge is 2.44. The van der Waals surface area contributed by atoms with Crippen LogP contribution < -0.4 is 0 Å². The van der Waals surface area contributed by atoms with E-state index >= 15 is 0 Å². The van der Waals surface area contributed by atoms with E-state index in [1.807, 2.05) is 0 Å². The van der Waals surface area contributed by atoms with Gasteiger partial charge in [0.1, 0.15) is 5.76 Å². The van der Waals surface area contributed by atoms with Gasteiger partial charge in [0, 0.05) is 24.7 Å². The van der Waals surface area contributed by atoms with Crippen molar-refractivity contribution < 1.29 is 19.6 Å². The fourth-order valence-corrected chi connectivity index (χ4v) is 2.87. The van der Waals surface area contributed by atoms with Crippen molar-refractivity contribution in [2.45, 2.75) is 6.04 Å². The Bertz CT molecular complexity index is 887. The SMILES string of the molecule is CN1C(=O)C(=O)C(=C(O)c2ccccc2)C1c1ccc([N+](=O)[O-])cc1. The van der Waals surface area contributed by atoms with Crippen molar-refractivity contribution in [1.29, 1.82) is 0 Å². The van der Waals surface area contributed by atoms with Gasteiger partial charge in [0.15, 0.2) is 0 Å². The van der Waals surface area contributed by atoms with E-state index in [4.69, 9.17) is 0 Å². The summed E-state index contributed by atoms with van der Waals surface area (Å²) in [5.74, 6) is -1.79. The van der Waals surface area contributed by atoms with E-state index in [1.165, 1.54) is 36.2 Å². The van der Waals surface area contributed by atoms with Crippen LogP contribution in [0, 0.1) is 10.1 Å². The first-order chi connectivity index (χ1) is 11.9. The highest BCUT2D eigenvalue weighted by Crippen LogP contribution is 2.38. The van der Waals surface area contributed by atoms with Crippen molar-refractivity contribution in [2.24, 2.45) is 0 Å². The van der Waals surface area contributed by atoms with Crippen LogP contribution in [-0.4, -0.2) is 33.7 Å². The molecule has 1 atom stereocenters. The molecule has 3 rings (SSSR count). The van der Waals surface area contributed by atoms with E-state index in [-0.39, 0.29) is 17.0 Å². The number of aliphatic hydroxyl groups is 1. The quantitative estimate of drug-likeness (QED) is 0.305. The summed E-state index contributed by atoms with van der Waals surface area (Å²) < 4.78 is 0. The average molecular weight is 338 g/mol. The molecule has 7 heteroatoms.